The van der Waals surface area contributed by atoms with Crippen molar-refractivity contribution in [3.63, 3.8) is 0 Å². The summed E-state index contributed by atoms with van der Waals surface area (Å²) in [6, 6.07) is 4.76. The number of halogens is 2. The maximum Gasteiger partial charge on any atom is 0.241 e. The molecule has 0 aromatic heterocycles. The minimum Gasteiger partial charge on any atom is -0.347 e. The SMILES string of the molecule is CN(C)C(=O)CN(C)C(=O)CCc1ccc(Br)cc1F. The van der Waals surface area contributed by atoms with Crippen molar-refractivity contribution in [2.24, 2.45) is 0 Å². The van der Waals surface area contributed by atoms with Crippen molar-refractivity contribution < 1.29 is 14.0 Å². The lowest BCUT2D eigenvalue weighted by atomic mass is 10.1. The molecule has 110 valence electrons. The molecule has 0 aliphatic carbocycles. The van der Waals surface area contributed by atoms with Crippen molar-refractivity contribution in [3.8, 4) is 0 Å². The van der Waals surface area contributed by atoms with Gasteiger partial charge in [-0.3, -0.25) is 9.59 Å². The average molecular weight is 345 g/mol. The molecule has 0 radical (unpaired) electrons. The number of nitrogens with zero attached hydrogens (tertiary/aromatic N) is 2. The third-order valence-electron chi connectivity index (χ3n) is 2.92. The fraction of sp³-hybridized carbons (Fsp3) is 0.429. The highest BCUT2D eigenvalue weighted by Gasteiger charge is 2.14. The Hall–Kier alpha value is -1.43. The lowest BCUT2D eigenvalue weighted by Gasteiger charge is -2.19. The molecule has 0 bridgehead atoms. The van der Waals surface area contributed by atoms with Crippen LogP contribution in [0.3, 0.4) is 0 Å². The highest BCUT2D eigenvalue weighted by atomic mass is 79.9. The fourth-order valence-electron chi connectivity index (χ4n) is 1.59. The Morgan fingerprint density at radius 1 is 1.20 bits per heavy atom. The van der Waals surface area contributed by atoms with Gasteiger partial charge in [0.2, 0.25) is 11.8 Å². The van der Waals surface area contributed by atoms with Crippen LogP contribution in [0.15, 0.2) is 22.7 Å². The molecule has 0 saturated carbocycles. The second kappa shape index (κ2) is 7.38. The molecule has 6 heteroatoms. The monoisotopic (exact) mass is 344 g/mol. The summed E-state index contributed by atoms with van der Waals surface area (Å²) in [4.78, 5) is 26.2. The van der Waals surface area contributed by atoms with Gasteiger partial charge in [-0.2, -0.15) is 0 Å². The predicted octanol–water partition coefficient (Wildman–Crippen LogP) is 2.07. The molecule has 0 atom stereocenters. The van der Waals surface area contributed by atoms with Crippen molar-refractivity contribution in [2.75, 3.05) is 27.7 Å². The molecule has 4 nitrogen and oxygen atoms in total. The van der Waals surface area contributed by atoms with Gasteiger partial charge in [0.05, 0.1) is 6.54 Å². The van der Waals surface area contributed by atoms with E-state index in [-0.39, 0.29) is 30.6 Å². The van der Waals surface area contributed by atoms with Crippen LogP contribution in [-0.4, -0.2) is 49.3 Å². The van der Waals surface area contributed by atoms with E-state index >= 15 is 0 Å². The minimum absolute atomic E-state index is 0.0364. The van der Waals surface area contributed by atoms with E-state index in [1.54, 1.807) is 33.3 Å². The number of hydrogen-bond acceptors (Lipinski definition) is 2. The number of benzene rings is 1. The van der Waals surface area contributed by atoms with Crippen LogP contribution in [0.1, 0.15) is 12.0 Å². The Morgan fingerprint density at radius 3 is 2.40 bits per heavy atom. The van der Waals surface area contributed by atoms with Crippen LogP contribution < -0.4 is 0 Å². The highest BCUT2D eigenvalue weighted by molar-refractivity contribution is 9.10. The summed E-state index contributed by atoms with van der Waals surface area (Å²) in [6.07, 6.45) is 0.494. The fourth-order valence-corrected chi connectivity index (χ4v) is 1.92. The summed E-state index contributed by atoms with van der Waals surface area (Å²) < 4.78 is 14.3. The molecular formula is C14H18BrFN2O2. The van der Waals surface area contributed by atoms with Crippen LogP contribution >= 0.6 is 15.9 Å². The van der Waals surface area contributed by atoms with E-state index in [1.165, 1.54) is 15.9 Å². The van der Waals surface area contributed by atoms with E-state index in [2.05, 4.69) is 15.9 Å². The van der Waals surface area contributed by atoms with E-state index in [4.69, 9.17) is 0 Å². The standard InChI is InChI=1S/C14H18BrFN2O2/c1-17(2)14(20)9-18(3)13(19)7-5-10-4-6-11(15)8-12(10)16/h4,6,8H,5,7,9H2,1-3H3. The first kappa shape index (κ1) is 16.6. The van der Waals surface area contributed by atoms with Gasteiger partial charge in [-0.15, -0.1) is 0 Å². The Labute approximate surface area is 126 Å². The number of hydrogen-bond donors (Lipinski definition) is 0. The van der Waals surface area contributed by atoms with Gasteiger partial charge < -0.3 is 9.80 Å². The molecule has 0 aliphatic heterocycles. The summed E-state index contributed by atoms with van der Waals surface area (Å²) in [5.74, 6) is -0.655. The van der Waals surface area contributed by atoms with E-state index in [0.29, 0.717) is 16.5 Å². The molecule has 1 aromatic rings. The highest BCUT2D eigenvalue weighted by Crippen LogP contribution is 2.16. The summed E-state index contributed by atoms with van der Waals surface area (Å²) in [7, 11) is 4.84. The van der Waals surface area contributed by atoms with E-state index in [0.717, 1.165) is 0 Å². The molecule has 1 aromatic carbocycles. The molecule has 2 amide bonds. The largest absolute Gasteiger partial charge is 0.347 e. The molecule has 0 spiro atoms. The van der Waals surface area contributed by atoms with Crippen LogP contribution in [0.4, 0.5) is 4.39 Å². The second-order valence-electron chi connectivity index (χ2n) is 4.77. The number of aryl methyl sites for hydroxylation is 1. The summed E-state index contributed by atoms with van der Waals surface area (Å²) in [5.41, 5.74) is 0.494. The Kier molecular flexibility index (Phi) is 6.13. The summed E-state index contributed by atoms with van der Waals surface area (Å²) in [5, 5.41) is 0. The first-order valence-electron chi connectivity index (χ1n) is 6.19. The van der Waals surface area contributed by atoms with Gasteiger partial charge in [-0.25, -0.2) is 4.39 Å². The van der Waals surface area contributed by atoms with Crippen molar-refractivity contribution >= 4 is 27.7 Å². The molecule has 0 saturated heterocycles. The van der Waals surface area contributed by atoms with Crippen molar-refractivity contribution in [1.82, 2.24) is 9.80 Å². The number of likely N-dealkylation sites (N-methyl/N-ethyl adjacent to an activating group) is 2. The van der Waals surface area contributed by atoms with Gasteiger partial charge in [-0.05, 0) is 24.1 Å². The molecular weight excluding hydrogens is 327 g/mol. The third-order valence-corrected chi connectivity index (χ3v) is 3.41. The third kappa shape index (κ3) is 4.92. The zero-order chi connectivity index (χ0) is 15.3. The number of amides is 2. The lowest BCUT2D eigenvalue weighted by molar-refractivity contribution is -0.137. The minimum atomic E-state index is -0.334. The number of carbonyl (C=O) groups excluding carboxylic acids is 2. The van der Waals surface area contributed by atoms with Crippen molar-refractivity contribution in [1.29, 1.82) is 0 Å². The summed E-state index contributed by atoms with van der Waals surface area (Å²) >= 11 is 3.18. The van der Waals surface area contributed by atoms with E-state index < -0.39 is 0 Å². The first-order chi connectivity index (χ1) is 9.31. The van der Waals surface area contributed by atoms with Crippen molar-refractivity contribution in [3.05, 3.63) is 34.1 Å². The van der Waals surface area contributed by atoms with Crippen molar-refractivity contribution in [2.45, 2.75) is 12.8 Å². The van der Waals surface area contributed by atoms with Crippen LogP contribution in [0.2, 0.25) is 0 Å². The first-order valence-corrected chi connectivity index (χ1v) is 6.98. The van der Waals surface area contributed by atoms with Crippen LogP contribution in [0, 0.1) is 5.82 Å². The lowest BCUT2D eigenvalue weighted by Crippen LogP contribution is -2.37. The average Bonchev–Trinajstić information content (AvgIpc) is 2.37. The Balaban J connectivity index is 2.52. The van der Waals surface area contributed by atoms with Crippen LogP contribution in [0.25, 0.3) is 0 Å². The number of carbonyl (C=O) groups is 2. The summed E-state index contributed by atoms with van der Waals surface area (Å²) in [6.45, 7) is 0.0364. The van der Waals surface area contributed by atoms with Crippen LogP contribution in [-0.2, 0) is 16.0 Å². The molecule has 1 rings (SSSR count). The van der Waals surface area contributed by atoms with Gasteiger partial charge in [-0.1, -0.05) is 22.0 Å². The molecule has 0 aliphatic rings. The topological polar surface area (TPSA) is 40.6 Å². The van der Waals surface area contributed by atoms with Crippen LogP contribution in [0.5, 0.6) is 0 Å². The Bertz CT molecular complexity index is 506. The zero-order valence-corrected chi connectivity index (χ0v) is 13.4. The molecule has 0 fully saturated rings. The molecule has 20 heavy (non-hydrogen) atoms. The zero-order valence-electron chi connectivity index (χ0n) is 11.8. The molecule has 0 N–H and O–H groups in total. The second-order valence-corrected chi connectivity index (χ2v) is 5.69. The van der Waals surface area contributed by atoms with E-state index in [1.807, 2.05) is 0 Å². The molecule has 0 heterocycles. The maximum absolute atomic E-state index is 13.6. The van der Waals surface area contributed by atoms with E-state index in [9.17, 15) is 14.0 Å². The Morgan fingerprint density at radius 2 is 1.85 bits per heavy atom. The maximum atomic E-state index is 13.6. The number of rotatable bonds is 5. The van der Waals surface area contributed by atoms with Gasteiger partial charge in [0, 0.05) is 32.0 Å². The normalized spacial score (nSPS) is 10.2. The van der Waals surface area contributed by atoms with Gasteiger partial charge >= 0.3 is 0 Å². The van der Waals surface area contributed by atoms with Gasteiger partial charge in [0.1, 0.15) is 5.82 Å². The molecule has 0 unspecified atom stereocenters. The van der Waals surface area contributed by atoms with Gasteiger partial charge in [0.15, 0.2) is 0 Å². The van der Waals surface area contributed by atoms with Gasteiger partial charge in [0.25, 0.3) is 0 Å². The smallest absolute Gasteiger partial charge is 0.241 e. The predicted molar refractivity (Wildman–Crippen MR) is 78.8 cm³/mol. The quantitative estimate of drug-likeness (QED) is 0.820.